The topological polar surface area (TPSA) is 41.1 Å². The van der Waals surface area contributed by atoms with Crippen LogP contribution in [0.3, 0.4) is 0 Å². The Morgan fingerprint density at radius 1 is 1.47 bits per heavy atom. The van der Waals surface area contributed by atoms with Crippen molar-refractivity contribution in [2.45, 2.75) is 20.3 Å². The first-order valence-corrected chi connectivity index (χ1v) is 5.08. The number of imidazole rings is 1. The van der Waals surface area contributed by atoms with Crippen molar-refractivity contribution in [3.05, 3.63) is 35.9 Å². The molecule has 2 rings (SSSR count). The zero-order valence-electron chi connectivity index (χ0n) is 8.94. The van der Waals surface area contributed by atoms with Crippen LogP contribution in [0.25, 0.3) is 5.52 Å². The molecule has 0 aliphatic rings. The van der Waals surface area contributed by atoms with Crippen LogP contribution in [0, 0.1) is 17.2 Å². The van der Waals surface area contributed by atoms with Crippen molar-refractivity contribution in [3.8, 4) is 6.07 Å². The first kappa shape index (κ1) is 9.72. The van der Waals surface area contributed by atoms with Crippen LogP contribution in [0.15, 0.2) is 24.4 Å². The molecule has 0 aliphatic carbocycles. The van der Waals surface area contributed by atoms with Crippen molar-refractivity contribution in [2.75, 3.05) is 0 Å². The van der Waals surface area contributed by atoms with E-state index in [9.17, 15) is 0 Å². The highest BCUT2D eigenvalue weighted by Crippen LogP contribution is 2.14. The van der Waals surface area contributed by atoms with Crippen molar-refractivity contribution >= 4 is 5.52 Å². The summed E-state index contributed by atoms with van der Waals surface area (Å²) in [6, 6.07) is 7.94. The summed E-state index contributed by atoms with van der Waals surface area (Å²) in [6.07, 6.45) is 2.85. The minimum atomic E-state index is 0.520. The number of nitriles is 1. The van der Waals surface area contributed by atoms with Crippen LogP contribution in [0.2, 0.25) is 0 Å². The molecule has 0 spiro atoms. The minimum absolute atomic E-state index is 0.520. The van der Waals surface area contributed by atoms with E-state index in [0.717, 1.165) is 17.8 Å². The Morgan fingerprint density at radius 2 is 2.27 bits per heavy atom. The van der Waals surface area contributed by atoms with Gasteiger partial charge in [0, 0.05) is 12.6 Å². The lowest BCUT2D eigenvalue weighted by Crippen LogP contribution is -1.99. The van der Waals surface area contributed by atoms with E-state index < -0.39 is 0 Å². The summed E-state index contributed by atoms with van der Waals surface area (Å²) in [4.78, 5) is 4.35. The summed E-state index contributed by atoms with van der Waals surface area (Å²) in [5, 5.41) is 8.96. The Bertz CT molecular complexity index is 517. The summed E-state index contributed by atoms with van der Waals surface area (Å²) >= 11 is 0. The highest BCUT2D eigenvalue weighted by molar-refractivity contribution is 5.58. The maximum Gasteiger partial charge on any atom is 0.166 e. The normalized spacial score (nSPS) is 10.8. The van der Waals surface area contributed by atoms with Crippen LogP contribution in [0.4, 0.5) is 0 Å². The summed E-state index contributed by atoms with van der Waals surface area (Å²) in [7, 11) is 0. The van der Waals surface area contributed by atoms with E-state index >= 15 is 0 Å². The van der Waals surface area contributed by atoms with Gasteiger partial charge in [0.25, 0.3) is 0 Å². The predicted octanol–water partition coefficient (Wildman–Crippen LogP) is 2.40. The largest absolute Gasteiger partial charge is 0.302 e. The van der Waals surface area contributed by atoms with Crippen LogP contribution in [0.5, 0.6) is 0 Å². The lowest BCUT2D eigenvalue weighted by Gasteiger charge is -2.02. The second kappa shape index (κ2) is 3.74. The van der Waals surface area contributed by atoms with Crippen LogP contribution in [-0.4, -0.2) is 9.38 Å². The molecule has 0 bridgehead atoms. The lowest BCUT2D eigenvalue weighted by molar-refractivity contribution is 0.619. The van der Waals surface area contributed by atoms with Crippen LogP contribution < -0.4 is 0 Å². The Labute approximate surface area is 89.0 Å². The van der Waals surface area contributed by atoms with Gasteiger partial charge in [-0.05, 0) is 18.1 Å². The van der Waals surface area contributed by atoms with E-state index in [1.165, 1.54) is 0 Å². The van der Waals surface area contributed by atoms with Gasteiger partial charge in [-0.1, -0.05) is 19.9 Å². The SMILES string of the molecule is CC(C)Cc1nc(C#N)c2ccccn12. The molecule has 0 saturated carbocycles. The summed E-state index contributed by atoms with van der Waals surface area (Å²) < 4.78 is 2.00. The molecule has 0 aromatic carbocycles. The molecule has 76 valence electrons. The number of nitrogens with zero attached hydrogens (tertiary/aromatic N) is 3. The molecule has 0 saturated heterocycles. The summed E-state index contributed by atoms with van der Waals surface area (Å²) in [5.74, 6) is 1.51. The molecule has 3 nitrogen and oxygen atoms in total. The molecule has 0 N–H and O–H groups in total. The van der Waals surface area contributed by atoms with Gasteiger partial charge in [-0.3, -0.25) is 0 Å². The fourth-order valence-corrected chi connectivity index (χ4v) is 1.69. The molecule has 3 heteroatoms. The lowest BCUT2D eigenvalue weighted by atomic mass is 10.1. The number of rotatable bonds is 2. The molecular weight excluding hydrogens is 186 g/mol. The number of hydrogen-bond donors (Lipinski definition) is 0. The molecule has 2 aromatic heterocycles. The van der Waals surface area contributed by atoms with E-state index in [0.29, 0.717) is 11.6 Å². The van der Waals surface area contributed by atoms with Gasteiger partial charge in [-0.2, -0.15) is 5.26 Å². The average Bonchev–Trinajstić information content (AvgIpc) is 2.56. The van der Waals surface area contributed by atoms with E-state index in [4.69, 9.17) is 5.26 Å². The summed E-state index contributed by atoms with van der Waals surface area (Å²) in [5.41, 5.74) is 1.42. The van der Waals surface area contributed by atoms with Gasteiger partial charge in [0.05, 0.1) is 5.52 Å². The third-order valence-electron chi connectivity index (χ3n) is 2.32. The highest BCUT2D eigenvalue weighted by Gasteiger charge is 2.10. The van der Waals surface area contributed by atoms with Gasteiger partial charge in [0.1, 0.15) is 11.9 Å². The van der Waals surface area contributed by atoms with E-state index in [1.807, 2.05) is 28.8 Å². The fourth-order valence-electron chi connectivity index (χ4n) is 1.69. The zero-order valence-corrected chi connectivity index (χ0v) is 8.94. The monoisotopic (exact) mass is 199 g/mol. The zero-order chi connectivity index (χ0) is 10.8. The van der Waals surface area contributed by atoms with Gasteiger partial charge < -0.3 is 4.40 Å². The maximum atomic E-state index is 8.96. The Morgan fingerprint density at radius 3 is 2.93 bits per heavy atom. The second-order valence-electron chi connectivity index (χ2n) is 4.04. The van der Waals surface area contributed by atoms with Gasteiger partial charge >= 0.3 is 0 Å². The standard InChI is InChI=1S/C12H13N3/c1-9(2)7-12-14-10(8-13)11-5-3-4-6-15(11)12/h3-6,9H,7H2,1-2H3. The molecule has 0 aliphatic heterocycles. The van der Waals surface area contributed by atoms with Crippen LogP contribution >= 0.6 is 0 Å². The van der Waals surface area contributed by atoms with Gasteiger partial charge in [-0.25, -0.2) is 4.98 Å². The smallest absolute Gasteiger partial charge is 0.166 e. The quantitative estimate of drug-likeness (QED) is 0.745. The van der Waals surface area contributed by atoms with Crippen molar-refractivity contribution in [1.29, 1.82) is 5.26 Å². The molecular formula is C12H13N3. The molecule has 2 heterocycles. The average molecular weight is 199 g/mol. The third-order valence-corrected chi connectivity index (χ3v) is 2.32. The van der Waals surface area contributed by atoms with E-state index in [-0.39, 0.29) is 0 Å². The maximum absolute atomic E-state index is 8.96. The molecule has 0 amide bonds. The van der Waals surface area contributed by atoms with Crippen molar-refractivity contribution in [3.63, 3.8) is 0 Å². The molecule has 15 heavy (non-hydrogen) atoms. The fraction of sp³-hybridized carbons (Fsp3) is 0.333. The number of fused-ring (bicyclic) bond motifs is 1. The predicted molar refractivity (Wildman–Crippen MR) is 58.4 cm³/mol. The number of aromatic nitrogens is 2. The van der Waals surface area contributed by atoms with Crippen LogP contribution in [-0.2, 0) is 6.42 Å². The van der Waals surface area contributed by atoms with E-state index in [1.54, 1.807) is 0 Å². The Hall–Kier alpha value is -1.82. The molecule has 0 unspecified atom stereocenters. The Balaban J connectivity index is 2.61. The third kappa shape index (κ3) is 1.71. The first-order valence-electron chi connectivity index (χ1n) is 5.08. The molecule has 0 fully saturated rings. The van der Waals surface area contributed by atoms with Crippen molar-refractivity contribution < 1.29 is 0 Å². The van der Waals surface area contributed by atoms with Gasteiger partial charge in [0.2, 0.25) is 0 Å². The van der Waals surface area contributed by atoms with Gasteiger partial charge in [0.15, 0.2) is 5.69 Å². The summed E-state index contributed by atoms with van der Waals surface area (Å²) in [6.45, 7) is 4.30. The minimum Gasteiger partial charge on any atom is -0.302 e. The first-order chi connectivity index (χ1) is 7.22. The molecule has 2 aromatic rings. The van der Waals surface area contributed by atoms with E-state index in [2.05, 4.69) is 24.9 Å². The van der Waals surface area contributed by atoms with Gasteiger partial charge in [-0.15, -0.1) is 0 Å². The number of hydrogen-bond acceptors (Lipinski definition) is 2. The van der Waals surface area contributed by atoms with Crippen molar-refractivity contribution in [1.82, 2.24) is 9.38 Å². The molecule has 0 atom stereocenters. The van der Waals surface area contributed by atoms with Crippen molar-refractivity contribution in [2.24, 2.45) is 5.92 Å². The Kier molecular flexibility index (Phi) is 2.42. The highest BCUT2D eigenvalue weighted by atomic mass is 15.0. The second-order valence-corrected chi connectivity index (χ2v) is 4.04. The van der Waals surface area contributed by atoms with Crippen LogP contribution in [0.1, 0.15) is 25.4 Å². The number of pyridine rings is 1. The molecule has 0 radical (unpaired) electrons.